The highest BCUT2D eigenvalue weighted by Crippen LogP contribution is 2.43. The number of benzene rings is 5. The molecule has 0 spiro atoms. The van der Waals surface area contributed by atoms with E-state index in [0.717, 1.165) is 22.3 Å². The number of rotatable bonds is 18. The van der Waals surface area contributed by atoms with Crippen LogP contribution in [0.4, 0.5) is 4.79 Å². The molecule has 316 valence electrons. The molecule has 1 saturated heterocycles. The lowest BCUT2D eigenvalue weighted by Crippen LogP contribution is -2.58. The summed E-state index contributed by atoms with van der Waals surface area (Å²) in [5.74, 6) is -2.11. The summed E-state index contributed by atoms with van der Waals surface area (Å²) in [6.07, 6.45) is -5.00. The van der Waals surface area contributed by atoms with E-state index in [2.05, 4.69) is 10.3 Å². The van der Waals surface area contributed by atoms with Crippen LogP contribution >= 0.6 is 0 Å². The van der Waals surface area contributed by atoms with Gasteiger partial charge in [-0.3, -0.25) is 9.59 Å². The zero-order valence-corrected chi connectivity index (χ0v) is 34.1. The van der Waals surface area contributed by atoms with E-state index in [0.29, 0.717) is 22.2 Å². The molecule has 1 fully saturated rings. The summed E-state index contributed by atoms with van der Waals surface area (Å²) in [5, 5.41) is 3.49. The van der Waals surface area contributed by atoms with Gasteiger partial charge in [0.25, 0.3) is 0 Å². The monoisotopic (exact) mass is 826 g/mol. The van der Waals surface area contributed by atoms with Gasteiger partial charge in [-0.25, -0.2) is 4.79 Å². The topological polar surface area (TPSA) is 144 Å². The number of carbonyl (C=O) groups is 3. The van der Waals surface area contributed by atoms with E-state index in [9.17, 15) is 14.4 Å². The van der Waals surface area contributed by atoms with Crippen molar-refractivity contribution in [3.8, 4) is 0 Å². The summed E-state index contributed by atoms with van der Waals surface area (Å²) >= 11 is 0. The average Bonchev–Trinajstić information content (AvgIpc) is 3.68. The lowest BCUT2D eigenvalue weighted by Gasteiger charge is -2.46. The number of para-hydroxylation sites is 1. The Bertz CT molecular complexity index is 2310. The predicted octanol–water partition coefficient (Wildman–Crippen LogP) is 8.11. The molecule has 61 heavy (non-hydrogen) atoms. The zero-order valence-electron chi connectivity index (χ0n) is 34.1. The predicted molar refractivity (Wildman–Crippen MR) is 227 cm³/mol. The number of nitrogens with one attached hydrogen (secondary N) is 2. The Kier molecular flexibility index (Phi) is 14.9. The Hall–Kier alpha value is -6.31. The normalized spacial score (nSPS) is 19.1. The maximum atomic E-state index is 13.9. The standard InChI is InChI=1S/C49H50N2O10/c1-33(52)56-32-41-44(57-28-34-17-7-3-8-18-34)46(58-29-35-19-9-4-10-20-35)47(59-30-36-21-11-5-12-22-36)45(61-41)43-42(38-25-15-16-26-40(38)51-43)39(48(53)55-2)27-50-49(54)60-31-37-23-13-6-14-24-37/h3-26,39,41,44-47,51H,27-32H2,1-2H3,(H,50,54)/t39?,41-,44-,45-,46+,47-/m1/s1. The summed E-state index contributed by atoms with van der Waals surface area (Å²) in [5.41, 5.74) is 5.31. The molecule has 0 aliphatic carbocycles. The number of hydrogen-bond acceptors (Lipinski definition) is 10. The number of aromatic amines is 1. The van der Waals surface area contributed by atoms with Crippen molar-refractivity contribution in [3.63, 3.8) is 0 Å². The number of alkyl carbamates (subject to hydrolysis) is 1. The summed E-state index contributed by atoms with van der Waals surface area (Å²) in [4.78, 5) is 43.0. The van der Waals surface area contributed by atoms with Gasteiger partial charge in [0.15, 0.2) is 0 Å². The molecule has 5 aromatic carbocycles. The number of aromatic nitrogens is 1. The lowest BCUT2D eigenvalue weighted by atomic mass is 9.87. The number of H-pyrrole nitrogens is 1. The van der Waals surface area contributed by atoms with E-state index in [1.54, 1.807) is 0 Å². The molecule has 0 bridgehead atoms. The van der Waals surface area contributed by atoms with Gasteiger partial charge >= 0.3 is 18.0 Å². The number of methoxy groups -OCH3 is 1. The molecular formula is C49H50N2O10. The largest absolute Gasteiger partial charge is 0.468 e. The molecule has 1 aliphatic rings. The van der Waals surface area contributed by atoms with Crippen LogP contribution in [-0.2, 0) is 69.2 Å². The van der Waals surface area contributed by atoms with E-state index in [4.69, 9.17) is 33.2 Å². The first-order chi connectivity index (χ1) is 29.9. The SMILES string of the molecule is COC(=O)C(CNC(=O)OCc1ccccc1)c1c([C@H]2O[C@H](COC(C)=O)[C@@H](OCc3ccccc3)[C@H](OCc3ccccc3)[C@@H]2OCc2ccccc2)[nH]c2ccccc12. The number of hydrogen-bond donors (Lipinski definition) is 2. The molecule has 12 heteroatoms. The molecule has 2 N–H and O–H groups in total. The second-order valence-electron chi connectivity index (χ2n) is 14.7. The van der Waals surface area contributed by atoms with Crippen molar-refractivity contribution in [3.05, 3.63) is 179 Å². The van der Waals surface area contributed by atoms with Crippen LogP contribution in [0.3, 0.4) is 0 Å². The van der Waals surface area contributed by atoms with Crippen LogP contribution in [0.15, 0.2) is 146 Å². The Morgan fingerprint density at radius 1 is 0.623 bits per heavy atom. The third-order valence-corrected chi connectivity index (χ3v) is 10.5. The van der Waals surface area contributed by atoms with Crippen LogP contribution in [-0.4, -0.2) is 67.7 Å². The summed E-state index contributed by atoms with van der Waals surface area (Å²) in [7, 11) is 1.30. The van der Waals surface area contributed by atoms with E-state index in [-0.39, 0.29) is 39.6 Å². The van der Waals surface area contributed by atoms with Crippen LogP contribution in [0.2, 0.25) is 0 Å². The van der Waals surface area contributed by atoms with Crippen LogP contribution < -0.4 is 5.32 Å². The summed E-state index contributed by atoms with van der Waals surface area (Å²) < 4.78 is 44.1. The first-order valence-corrected chi connectivity index (χ1v) is 20.3. The molecule has 7 rings (SSSR count). The minimum Gasteiger partial charge on any atom is -0.468 e. The van der Waals surface area contributed by atoms with E-state index < -0.39 is 54.5 Å². The number of ether oxygens (including phenoxy) is 7. The maximum Gasteiger partial charge on any atom is 0.407 e. The third-order valence-electron chi connectivity index (χ3n) is 10.5. The van der Waals surface area contributed by atoms with Crippen LogP contribution in [0.25, 0.3) is 10.9 Å². The molecule has 1 aliphatic heterocycles. The first-order valence-electron chi connectivity index (χ1n) is 20.3. The highest BCUT2D eigenvalue weighted by molar-refractivity contribution is 5.92. The van der Waals surface area contributed by atoms with Crippen LogP contribution in [0, 0.1) is 0 Å². The van der Waals surface area contributed by atoms with Gasteiger partial charge in [0.1, 0.15) is 49.7 Å². The summed E-state index contributed by atoms with van der Waals surface area (Å²) in [6.45, 7) is 1.66. The Labute approximate surface area is 355 Å². The van der Waals surface area contributed by atoms with Crippen molar-refractivity contribution in [2.24, 2.45) is 0 Å². The summed E-state index contributed by atoms with van der Waals surface area (Å²) in [6, 6.07) is 46.1. The molecule has 12 nitrogen and oxygen atoms in total. The fraction of sp³-hybridized carbons (Fsp3) is 0.286. The highest BCUT2D eigenvalue weighted by Gasteiger charge is 2.51. The highest BCUT2D eigenvalue weighted by atomic mass is 16.6. The van der Waals surface area contributed by atoms with Gasteiger partial charge in [-0.15, -0.1) is 0 Å². The number of carbonyl (C=O) groups excluding carboxylic acids is 3. The molecule has 1 amide bonds. The molecule has 1 unspecified atom stereocenters. The lowest BCUT2D eigenvalue weighted by molar-refractivity contribution is -0.274. The second-order valence-corrected chi connectivity index (χ2v) is 14.7. The van der Waals surface area contributed by atoms with Gasteiger partial charge < -0.3 is 43.5 Å². The first kappa shape index (κ1) is 42.8. The van der Waals surface area contributed by atoms with Gasteiger partial charge in [0, 0.05) is 24.4 Å². The fourth-order valence-electron chi connectivity index (χ4n) is 7.54. The van der Waals surface area contributed by atoms with Crippen molar-refractivity contribution in [2.45, 2.75) is 69.8 Å². The fourth-order valence-corrected chi connectivity index (χ4v) is 7.54. The molecule has 6 aromatic rings. The smallest absolute Gasteiger partial charge is 0.407 e. The van der Waals surface area contributed by atoms with Crippen molar-refractivity contribution < 1.29 is 47.5 Å². The number of esters is 2. The van der Waals surface area contributed by atoms with Gasteiger partial charge in [-0.2, -0.15) is 0 Å². The minimum absolute atomic E-state index is 0.0475. The Morgan fingerprint density at radius 3 is 1.66 bits per heavy atom. The van der Waals surface area contributed by atoms with Gasteiger partial charge in [0.2, 0.25) is 0 Å². The Balaban J connectivity index is 1.31. The van der Waals surface area contributed by atoms with Gasteiger partial charge in [-0.05, 0) is 33.9 Å². The van der Waals surface area contributed by atoms with Crippen molar-refractivity contribution in [1.29, 1.82) is 0 Å². The van der Waals surface area contributed by atoms with Crippen LogP contribution in [0.1, 0.15) is 52.5 Å². The zero-order chi connectivity index (χ0) is 42.4. The van der Waals surface area contributed by atoms with E-state index in [1.807, 2.05) is 146 Å². The number of fused-ring (bicyclic) bond motifs is 1. The van der Waals surface area contributed by atoms with Gasteiger partial charge in [0.05, 0.1) is 32.6 Å². The molecule has 6 atom stereocenters. The molecular weight excluding hydrogens is 777 g/mol. The van der Waals surface area contributed by atoms with Crippen LogP contribution in [0.5, 0.6) is 0 Å². The molecule has 2 heterocycles. The minimum atomic E-state index is -1.03. The van der Waals surface area contributed by atoms with Crippen molar-refractivity contribution in [2.75, 3.05) is 20.3 Å². The van der Waals surface area contributed by atoms with Gasteiger partial charge in [-0.1, -0.05) is 140 Å². The maximum absolute atomic E-state index is 13.9. The second kappa shape index (κ2) is 21.3. The average molecular weight is 827 g/mol. The molecule has 1 aromatic heterocycles. The van der Waals surface area contributed by atoms with E-state index >= 15 is 0 Å². The molecule has 0 radical (unpaired) electrons. The quantitative estimate of drug-likeness (QED) is 0.0645. The van der Waals surface area contributed by atoms with E-state index in [1.165, 1.54) is 14.0 Å². The molecule has 0 saturated carbocycles. The van der Waals surface area contributed by atoms with Crippen molar-refractivity contribution in [1.82, 2.24) is 10.3 Å². The van der Waals surface area contributed by atoms with Crippen molar-refractivity contribution >= 4 is 28.9 Å². The number of amides is 1. The Morgan fingerprint density at radius 2 is 1.11 bits per heavy atom. The third kappa shape index (κ3) is 11.3.